The van der Waals surface area contributed by atoms with Gasteiger partial charge in [0.15, 0.2) is 6.10 Å². The highest BCUT2D eigenvalue weighted by molar-refractivity contribution is 5.87. The Hall–Kier alpha value is -3.91. The number of ether oxygens (including phenoxy) is 1. The number of hydrogen-bond acceptors (Lipinski definition) is 5. The van der Waals surface area contributed by atoms with Crippen LogP contribution in [0.2, 0.25) is 0 Å². The maximum atomic E-state index is 13.4. The van der Waals surface area contributed by atoms with Crippen LogP contribution >= 0.6 is 0 Å². The van der Waals surface area contributed by atoms with Crippen molar-refractivity contribution in [3.63, 3.8) is 0 Å². The summed E-state index contributed by atoms with van der Waals surface area (Å²) in [5, 5.41) is 24.8. The second-order valence-electron chi connectivity index (χ2n) is 10.2. The Labute approximate surface area is 222 Å². The van der Waals surface area contributed by atoms with E-state index in [0.29, 0.717) is 11.3 Å². The van der Waals surface area contributed by atoms with Crippen LogP contribution in [0.4, 0.5) is 4.79 Å². The number of fused-ring (bicyclic) bond motifs is 2. The maximum Gasteiger partial charge on any atom is 0.342 e. The molecule has 0 aliphatic heterocycles. The molecule has 3 aromatic rings. The molecule has 8 nitrogen and oxygen atoms in total. The number of aryl methyl sites for hydroxylation is 2. The lowest BCUT2D eigenvalue weighted by Gasteiger charge is -2.29. The number of aliphatic hydroxyl groups excluding tert-OH is 1. The topological polar surface area (TPSA) is 116 Å². The first-order chi connectivity index (χ1) is 18.2. The van der Waals surface area contributed by atoms with Crippen molar-refractivity contribution in [1.29, 1.82) is 0 Å². The number of carboxylic acid groups (broad SMARTS) is 1. The molecule has 38 heavy (non-hydrogen) atoms. The van der Waals surface area contributed by atoms with Gasteiger partial charge in [-0.15, -0.1) is 0 Å². The van der Waals surface area contributed by atoms with Gasteiger partial charge in [-0.2, -0.15) is 0 Å². The number of urea groups is 1. The number of amides is 2. The molecule has 8 heteroatoms. The van der Waals surface area contributed by atoms with Crippen LogP contribution in [0.3, 0.4) is 0 Å². The zero-order valence-electron chi connectivity index (χ0n) is 21.7. The fraction of sp³-hybridized carbons (Fsp3) is 0.367. The summed E-state index contributed by atoms with van der Waals surface area (Å²) in [6.07, 6.45) is 1.12. The number of hydrogen-bond donors (Lipinski definition) is 3. The van der Waals surface area contributed by atoms with E-state index in [2.05, 4.69) is 5.32 Å². The molecule has 2 amide bonds. The number of nitrogens with zero attached hydrogens (tertiary/aromatic N) is 1. The third-order valence-corrected chi connectivity index (χ3v) is 6.70. The number of nitrogens with one attached hydrogen (secondary N) is 1. The van der Waals surface area contributed by atoms with Crippen LogP contribution in [-0.2, 0) is 22.4 Å². The summed E-state index contributed by atoms with van der Waals surface area (Å²) in [5.74, 6) is -1.50. The van der Waals surface area contributed by atoms with Gasteiger partial charge in [-0.25, -0.2) is 9.59 Å². The molecule has 0 saturated heterocycles. The molecular formula is C30H34N2O6. The zero-order valence-corrected chi connectivity index (χ0v) is 21.7. The van der Waals surface area contributed by atoms with E-state index in [1.54, 1.807) is 12.1 Å². The minimum absolute atomic E-state index is 0.0381. The highest BCUT2D eigenvalue weighted by Gasteiger charge is 2.28. The highest BCUT2D eigenvalue weighted by atomic mass is 16.5. The van der Waals surface area contributed by atoms with Gasteiger partial charge in [0, 0.05) is 6.54 Å². The maximum absolute atomic E-state index is 13.4. The second kappa shape index (κ2) is 12.1. The predicted octanol–water partition coefficient (Wildman–Crippen LogP) is 4.48. The van der Waals surface area contributed by atoms with Crippen molar-refractivity contribution in [2.45, 2.75) is 51.7 Å². The van der Waals surface area contributed by atoms with Crippen LogP contribution in [0, 0.1) is 5.92 Å². The third kappa shape index (κ3) is 6.69. The van der Waals surface area contributed by atoms with E-state index in [9.17, 15) is 24.6 Å². The number of benzene rings is 3. The number of rotatable bonds is 10. The lowest BCUT2D eigenvalue weighted by molar-refractivity contribution is -0.144. The van der Waals surface area contributed by atoms with Crippen molar-refractivity contribution in [3.05, 3.63) is 77.4 Å². The van der Waals surface area contributed by atoms with Gasteiger partial charge >= 0.3 is 18.0 Å². The van der Waals surface area contributed by atoms with E-state index < -0.39 is 30.1 Å². The minimum atomic E-state index is -1.57. The second-order valence-corrected chi connectivity index (χ2v) is 10.2. The van der Waals surface area contributed by atoms with E-state index >= 15 is 0 Å². The summed E-state index contributed by atoms with van der Waals surface area (Å²) in [5.41, 5.74) is 3.07. The number of carboxylic acids is 1. The molecule has 2 atom stereocenters. The average molecular weight is 519 g/mol. The molecule has 0 bridgehead atoms. The number of carbonyl (C=O) groups is 3. The monoisotopic (exact) mass is 518 g/mol. The number of aliphatic carboxylic acids is 1. The molecule has 1 aliphatic carbocycles. The van der Waals surface area contributed by atoms with Gasteiger partial charge in [-0.05, 0) is 64.8 Å². The van der Waals surface area contributed by atoms with E-state index in [0.717, 1.165) is 35.6 Å². The first kappa shape index (κ1) is 27.1. The molecule has 3 N–H and O–H groups in total. The highest BCUT2D eigenvalue weighted by Crippen LogP contribution is 2.28. The molecule has 0 radical (unpaired) electrons. The first-order valence-corrected chi connectivity index (χ1v) is 13.0. The molecule has 0 saturated carbocycles. The summed E-state index contributed by atoms with van der Waals surface area (Å²) in [6.45, 7) is 3.79. The van der Waals surface area contributed by atoms with Crippen molar-refractivity contribution < 1.29 is 29.3 Å². The minimum Gasteiger partial charge on any atom is -0.481 e. The summed E-state index contributed by atoms with van der Waals surface area (Å²) < 4.78 is 5.41. The number of esters is 1. The number of aliphatic hydroxyl groups is 1. The molecular weight excluding hydrogens is 484 g/mol. The van der Waals surface area contributed by atoms with Crippen molar-refractivity contribution in [2.75, 3.05) is 13.1 Å². The zero-order chi connectivity index (χ0) is 27.2. The Balaban J connectivity index is 1.49. The Morgan fingerprint density at radius 3 is 2.47 bits per heavy atom. The molecule has 200 valence electrons. The smallest absolute Gasteiger partial charge is 0.342 e. The molecule has 2 unspecified atom stereocenters. The number of carbonyl (C=O) groups excluding carboxylic acids is 2. The normalized spacial score (nSPS) is 14.1. The molecule has 0 fully saturated rings. The Kier molecular flexibility index (Phi) is 8.63. The standard InChI is InChI=1S/C30H34N2O6/c1-19(2)17-32(18-27(33)29(36)38-23-14-13-20-8-5-10-22(20)15-23)30(37)31-26(16-28(34)35)25-12-6-9-21-7-3-4-11-24(21)25/h3-4,6-7,9,11-15,19,26-27,33H,5,8,10,16-18H2,1-2H3,(H,31,37)(H,34,35). The Morgan fingerprint density at radius 2 is 1.71 bits per heavy atom. The Bertz CT molecular complexity index is 1320. The molecule has 0 heterocycles. The molecule has 1 aliphatic rings. The molecule has 0 spiro atoms. The van der Waals surface area contributed by atoms with Gasteiger partial charge in [0.1, 0.15) is 5.75 Å². The van der Waals surface area contributed by atoms with Crippen LogP contribution in [0.1, 0.15) is 49.4 Å². The van der Waals surface area contributed by atoms with E-state index in [1.807, 2.05) is 62.4 Å². The predicted molar refractivity (Wildman–Crippen MR) is 144 cm³/mol. The largest absolute Gasteiger partial charge is 0.481 e. The summed E-state index contributed by atoms with van der Waals surface area (Å²) in [7, 11) is 0. The van der Waals surface area contributed by atoms with Gasteiger partial charge < -0.3 is 25.2 Å². The summed E-state index contributed by atoms with van der Waals surface area (Å²) in [4.78, 5) is 39.1. The fourth-order valence-electron chi connectivity index (χ4n) is 4.97. The summed E-state index contributed by atoms with van der Waals surface area (Å²) in [6, 6.07) is 17.2. The lowest BCUT2D eigenvalue weighted by atomic mass is 9.97. The van der Waals surface area contributed by atoms with Gasteiger partial charge in [-0.3, -0.25) is 4.79 Å². The molecule has 3 aromatic carbocycles. The van der Waals surface area contributed by atoms with Crippen molar-refractivity contribution in [3.8, 4) is 5.75 Å². The lowest BCUT2D eigenvalue weighted by Crippen LogP contribution is -2.48. The van der Waals surface area contributed by atoms with Crippen molar-refractivity contribution in [1.82, 2.24) is 10.2 Å². The first-order valence-electron chi connectivity index (χ1n) is 13.0. The SMILES string of the molecule is CC(C)CN(CC(O)C(=O)Oc1ccc2c(c1)CCC2)C(=O)NC(CC(=O)O)c1cccc2ccccc12. The Morgan fingerprint density at radius 1 is 0.974 bits per heavy atom. The molecule has 0 aromatic heterocycles. The van der Waals surface area contributed by atoms with Gasteiger partial charge in [-0.1, -0.05) is 62.4 Å². The van der Waals surface area contributed by atoms with Crippen LogP contribution in [0.15, 0.2) is 60.7 Å². The van der Waals surface area contributed by atoms with Crippen molar-refractivity contribution in [2.24, 2.45) is 5.92 Å². The van der Waals surface area contributed by atoms with Gasteiger partial charge in [0.25, 0.3) is 0 Å². The quantitative estimate of drug-likeness (QED) is 0.269. The van der Waals surface area contributed by atoms with E-state index in [4.69, 9.17) is 4.74 Å². The average Bonchev–Trinajstić information content (AvgIpc) is 3.35. The van der Waals surface area contributed by atoms with Gasteiger partial charge in [0.05, 0.1) is 19.0 Å². The molecule has 4 rings (SSSR count). The third-order valence-electron chi connectivity index (χ3n) is 6.70. The van der Waals surface area contributed by atoms with E-state index in [1.165, 1.54) is 10.5 Å². The van der Waals surface area contributed by atoms with E-state index in [-0.39, 0.29) is 25.4 Å². The summed E-state index contributed by atoms with van der Waals surface area (Å²) >= 11 is 0. The fourth-order valence-corrected chi connectivity index (χ4v) is 4.97. The van der Waals surface area contributed by atoms with Gasteiger partial charge in [0.2, 0.25) is 0 Å². The van der Waals surface area contributed by atoms with Crippen LogP contribution < -0.4 is 10.1 Å². The van der Waals surface area contributed by atoms with Crippen LogP contribution in [-0.4, -0.2) is 52.3 Å². The van der Waals surface area contributed by atoms with Crippen LogP contribution in [0.5, 0.6) is 5.75 Å². The van der Waals surface area contributed by atoms with Crippen LogP contribution in [0.25, 0.3) is 10.8 Å². The van der Waals surface area contributed by atoms with Crippen molar-refractivity contribution >= 4 is 28.7 Å².